The van der Waals surface area contributed by atoms with Gasteiger partial charge in [0.05, 0.1) is 12.5 Å². The lowest BCUT2D eigenvalue weighted by Gasteiger charge is -2.44. The molecule has 34 heavy (non-hydrogen) atoms. The number of rotatable bonds is 8. The molecular weight excluding hydrogens is 466 g/mol. The Kier molecular flexibility index (Phi) is 11.2. The van der Waals surface area contributed by atoms with Gasteiger partial charge < -0.3 is 9.47 Å². The number of hydrogen-bond acceptors (Lipinski definition) is 7. The highest BCUT2D eigenvalue weighted by atomic mass is 32.2. The minimum atomic E-state index is -0.620. The van der Waals surface area contributed by atoms with Crippen LogP contribution in [0.3, 0.4) is 0 Å². The van der Waals surface area contributed by atoms with Crippen LogP contribution in [0.2, 0.25) is 0 Å². The van der Waals surface area contributed by atoms with Gasteiger partial charge in [0.2, 0.25) is 0 Å². The van der Waals surface area contributed by atoms with Gasteiger partial charge in [0.15, 0.2) is 0 Å². The van der Waals surface area contributed by atoms with Gasteiger partial charge in [0.25, 0.3) is 0 Å². The fourth-order valence-corrected chi connectivity index (χ4v) is 5.60. The summed E-state index contributed by atoms with van der Waals surface area (Å²) in [4.78, 5) is 30.1. The molecule has 0 aliphatic heterocycles. The first-order chi connectivity index (χ1) is 16.1. The van der Waals surface area contributed by atoms with Gasteiger partial charge >= 0.3 is 11.9 Å². The minimum Gasteiger partial charge on any atom is -0.462 e. The Labute approximate surface area is 213 Å². The zero-order chi connectivity index (χ0) is 25.3. The smallest absolute Gasteiger partial charge is 0.356 e. The number of hydrogen-bond donors (Lipinski definition) is 0. The third-order valence-electron chi connectivity index (χ3n) is 6.59. The van der Waals surface area contributed by atoms with Crippen LogP contribution in [0.5, 0.6) is 0 Å². The lowest BCUT2D eigenvalue weighted by Crippen LogP contribution is -2.44. The van der Waals surface area contributed by atoms with Crippen LogP contribution in [0.4, 0.5) is 0 Å². The molecule has 0 amide bonds. The van der Waals surface area contributed by atoms with Crippen molar-refractivity contribution >= 4 is 39.8 Å². The summed E-state index contributed by atoms with van der Waals surface area (Å²) in [7, 11) is 0. The monoisotopic (exact) mass is 505 g/mol. The van der Waals surface area contributed by atoms with Crippen molar-refractivity contribution in [2.45, 2.75) is 65.4 Å². The van der Waals surface area contributed by atoms with Crippen molar-refractivity contribution in [3.63, 3.8) is 0 Å². The SMILES string of the molecule is CCOC(=O)/C(=C/[C@@H](C)C(=O)OC1CC(C)CCC1C(C)(C)c1ccccc1)N=C(SC)SC. The third kappa shape index (κ3) is 7.64. The highest BCUT2D eigenvalue weighted by molar-refractivity contribution is 8.38. The standard InChI is InChI=1S/C27H39NO4S2/c1-8-31-25(30)22(28-26(33-6)34-7)17-19(3)24(29)32-23-16-18(2)14-15-21(23)27(4,5)20-12-10-9-11-13-20/h9-13,17-19,21,23H,8,14-16H2,1-7H3/b22-17-/t18?,19-,21?,23?/m1/s1. The number of benzene rings is 1. The Balaban J connectivity index is 2.26. The summed E-state index contributed by atoms with van der Waals surface area (Å²) in [6, 6.07) is 10.5. The van der Waals surface area contributed by atoms with Crippen LogP contribution in [0, 0.1) is 17.8 Å². The number of nitrogens with zero attached hydrogens (tertiary/aromatic N) is 1. The van der Waals surface area contributed by atoms with E-state index in [-0.39, 0.29) is 35.7 Å². The van der Waals surface area contributed by atoms with E-state index in [2.05, 4.69) is 50.0 Å². The molecule has 4 atom stereocenters. The average Bonchev–Trinajstić information content (AvgIpc) is 2.82. The fourth-order valence-electron chi connectivity index (χ4n) is 4.56. The Bertz CT molecular complexity index is 876. The second kappa shape index (κ2) is 13.4. The molecule has 1 aromatic carbocycles. The number of thioether (sulfide) groups is 2. The van der Waals surface area contributed by atoms with Crippen LogP contribution in [-0.4, -0.2) is 41.5 Å². The molecule has 1 aliphatic rings. The molecule has 0 bridgehead atoms. The zero-order valence-corrected chi connectivity index (χ0v) is 23.1. The third-order valence-corrected chi connectivity index (χ3v) is 8.47. The lowest BCUT2D eigenvalue weighted by atomic mass is 9.64. The van der Waals surface area contributed by atoms with Crippen molar-refractivity contribution in [3.8, 4) is 0 Å². The van der Waals surface area contributed by atoms with E-state index in [0.29, 0.717) is 5.92 Å². The Morgan fingerprint density at radius 3 is 2.41 bits per heavy atom. The van der Waals surface area contributed by atoms with E-state index >= 15 is 0 Å². The Morgan fingerprint density at radius 1 is 1.18 bits per heavy atom. The maximum Gasteiger partial charge on any atom is 0.356 e. The van der Waals surface area contributed by atoms with E-state index in [1.165, 1.54) is 29.1 Å². The molecule has 0 aromatic heterocycles. The summed E-state index contributed by atoms with van der Waals surface area (Å²) in [5, 5.41) is 0. The topological polar surface area (TPSA) is 65.0 Å². The second-order valence-corrected chi connectivity index (χ2v) is 11.3. The Morgan fingerprint density at radius 2 is 1.82 bits per heavy atom. The van der Waals surface area contributed by atoms with E-state index in [1.807, 2.05) is 18.6 Å². The zero-order valence-electron chi connectivity index (χ0n) is 21.5. The highest BCUT2D eigenvalue weighted by Gasteiger charge is 2.42. The van der Waals surface area contributed by atoms with Crippen molar-refractivity contribution in [1.82, 2.24) is 0 Å². The minimum absolute atomic E-state index is 0.128. The maximum absolute atomic E-state index is 13.2. The van der Waals surface area contributed by atoms with Gasteiger partial charge in [-0.1, -0.05) is 57.5 Å². The normalized spacial score (nSPS) is 22.0. The van der Waals surface area contributed by atoms with E-state index in [0.717, 1.165) is 23.6 Å². The van der Waals surface area contributed by atoms with Gasteiger partial charge in [-0.05, 0) is 62.2 Å². The van der Waals surface area contributed by atoms with Gasteiger partial charge in [-0.15, -0.1) is 23.5 Å². The number of esters is 2. The van der Waals surface area contributed by atoms with E-state index in [9.17, 15) is 9.59 Å². The molecule has 0 heterocycles. The molecule has 1 aliphatic carbocycles. The summed E-state index contributed by atoms with van der Waals surface area (Å²) >= 11 is 2.89. The van der Waals surface area contributed by atoms with Crippen LogP contribution in [0.25, 0.3) is 0 Å². The molecule has 0 N–H and O–H groups in total. The van der Waals surface area contributed by atoms with Crippen LogP contribution in [-0.2, 0) is 24.5 Å². The summed E-state index contributed by atoms with van der Waals surface area (Å²) in [6.07, 6.45) is 8.16. The van der Waals surface area contributed by atoms with Crippen molar-refractivity contribution in [2.75, 3.05) is 19.1 Å². The lowest BCUT2D eigenvalue weighted by molar-refractivity contribution is -0.159. The van der Waals surface area contributed by atoms with Crippen LogP contribution in [0.1, 0.15) is 59.4 Å². The molecule has 1 saturated carbocycles. The molecule has 2 rings (SSSR count). The molecule has 0 radical (unpaired) electrons. The molecule has 0 spiro atoms. The molecule has 0 saturated heterocycles. The van der Waals surface area contributed by atoms with E-state index in [4.69, 9.17) is 9.47 Å². The summed E-state index contributed by atoms with van der Waals surface area (Å²) in [6.45, 7) is 10.4. The number of carbonyl (C=O) groups excluding carboxylic acids is 2. The first-order valence-corrected chi connectivity index (χ1v) is 14.4. The summed E-state index contributed by atoms with van der Waals surface area (Å²) < 4.78 is 12.0. The molecule has 1 aromatic rings. The second-order valence-electron chi connectivity index (χ2n) is 9.43. The van der Waals surface area contributed by atoms with Gasteiger partial charge in [-0.25, -0.2) is 9.79 Å². The fraction of sp³-hybridized carbons (Fsp3) is 0.593. The molecule has 5 nitrogen and oxygen atoms in total. The van der Waals surface area contributed by atoms with Gasteiger partial charge in [-0.2, -0.15) is 0 Å². The first kappa shape index (κ1) is 28.5. The molecule has 3 unspecified atom stereocenters. The summed E-state index contributed by atoms with van der Waals surface area (Å²) in [5.41, 5.74) is 1.27. The quantitative estimate of drug-likeness (QED) is 0.174. The van der Waals surface area contributed by atoms with Gasteiger partial charge in [0.1, 0.15) is 16.2 Å². The first-order valence-electron chi connectivity index (χ1n) is 12.0. The predicted octanol–water partition coefficient (Wildman–Crippen LogP) is 6.48. The largest absolute Gasteiger partial charge is 0.462 e. The number of aliphatic imine (C=N–C) groups is 1. The van der Waals surface area contributed by atoms with Gasteiger partial charge in [0, 0.05) is 5.92 Å². The van der Waals surface area contributed by atoms with Crippen molar-refractivity contribution in [2.24, 2.45) is 22.7 Å². The van der Waals surface area contributed by atoms with Crippen molar-refractivity contribution in [1.29, 1.82) is 0 Å². The highest BCUT2D eigenvalue weighted by Crippen LogP contribution is 2.43. The molecule has 188 valence electrons. The number of carbonyl (C=O) groups is 2. The summed E-state index contributed by atoms with van der Waals surface area (Å²) in [5.74, 6) is -0.770. The molecule has 1 fully saturated rings. The van der Waals surface area contributed by atoms with Crippen LogP contribution in [0.15, 0.2) is 47.1 Å². The van der Waals surface area contributed by atoms with E-state index < -0.39 is 11.9 Å². The molecule has 7 heteroatoms. The predicted molar refractivity (Wildman–Crippen MR) is 144 cm³/mol. The van der Waals surface area contributed by atoms with Gasteiger partial charge in [-0.3, -0.25) is 4.79 Å². The number of ether oxygens (including phenoxy) is 2. The van der Waals surface area contributed by atoms with Crippen LogP contribution < -0.4 is 0 Å². The van der Waals surface area contributed by atoms with Crippen molar-refractivity contribution < 1.29 is 19.1 Å². The average molecular weight is 506 g/mol. The Hall–Kier alpha value is -1.73. The van der Waals surface area contributed by atoms with E-state index in [1.54, 1.807) is 19.9 Å². The van der Waals surface area contributed by atoms with Crippen LogP contribution >= 0.6 is 23.5 Å². The maximum atomic E-state index is 13.2. The van der Waals surface area contributed by atoms with Crippen molar-refractivity contribution in [3.05, 3.63) is 47.7 Å². The molecular formula is C27H39NO4S2.